The number of benzene rings is 1. The number of anilines is 2. The van der Waals surface area contributed by atoms with Gasteiger partial charge in [-0.05, 0) is 49.4 Å². The quantitative estimate of drug-likeness (QED) is 0.578. The van der Waals surface area contributed by atoms with Gasteiger partial charge in [-0.15, -0.1) is 5.01 Å². The Labute approximate surface area is 153 Å². The lowest BCUT2D eigenvalue weighted by atomic mass is 9.90. The summed E-state index contributed by atoms with van der Waals surface area (Å²) in [5.74, 6) is 1.80. The number of hydrogen-bond acceptors (Lipinski definition) is 6. The number of nitrogens with zero attached hydrogens (tertiary/aromatic N) is 4. The van der Waals surface area contributed by atoms with E-state index in [1.54, 1.807) is 6.33 Å². The lowest BCUT2D eigenvalue weighted by Crippen LogP contribution is -2.37. The molecule has 1 aromatic carbocycles. The van der Waals surface area contributed by atoms with Crippen molar-refractivity contribution in [2.75, 3.05) is 30.0 Å². The van der Waals surface area contributed by atoms with Crippen LogP contribution in [-0.4, -0.2) is 35.9 Å². The molecule has 5 rings (SSSR count). The fraction of sp³-hybridized carbons (Fsp3) is 0.474. The van der Waals surface area contributed by atoms with Crippen LogP contribution in [0.25, 0.3) is 0 Å². The van der Waals surface area contributed by atoms with Crippen LogP contribution in [-0.2, 0) is 0 Å². The van der Waals surface area contributed by atoms with Crippen LogP contribution in [0.4, 0.5) is 23.0 Å². The molecule has 26 heavy (non-hydrogen) atoms. The van der Waals surface area contributed by atoms with Gasteiger partial charge in [-0.1, -0.05) is 11.5 Å². The first-order chi connectivity index (χ1) is 12.5. The lowest BCUT2D eigenvalue weighted by Gasteiger charge is -2.27. The monoisotopic (exact) mass is 352 g/mol. The third-order valence-electron chi connectivity index (χ3n) is 6.28. The molecule has 2 saturated heterocycles. The van der Waals surface area contributed by atoms with E-state index in [-0.39, 0.29) is 11.7 Å². The highest BCUT2D eigenvalue weighted by Crippen LogP contribution is 2.65. The zero-order chi connectivity index (χ0) is 18.1. The highest BCUT2D eigenvalue weighted by molar-refractivity contribution is 5.93. The van der Waals surface area contributed by atoms with Crippen molar-refractivity contribution in [1.29, 1.82) is 0 Å². The summed E-state index contributed by atoms with van der Waals surface area (Å²) in [6.45, 7) is 9.63. The molecule has 136 valence electrons. The summed E-state index contributed by atoms with van der Waals surface area (Å²) < 4.78 is 0.520. The predicted molar refractivity (Wildman–Crippen MR) is 104 cm³/mol. The minimum absolute atomic E-state index is 0.0921. The van der Waals surface area contributed by atoms with Crippen molar-refractivity contribution in [2.45, 2.75) is 33.5 Å². The van der Waals surface area contributed by atoms with Crippen molar-refractivity contribution in [1.82, 2.24) is 19.9 Å². The van der Waals surface area contributed by atoms with Crippen molar-refractivity contribution in [3.8, 4) is 0 Å². The molecular weight excluding hydrogens is 326 g/mol. The smallest absolute Gasteiger partial charge is 0.297 e. The van der Waals surface area contributed by atoms with Crippen molar-refractivity contribution in [2.24, 2.45) is 11.1 Å². The molecule has 0 radical (unpaired) electrons. The number of nitrogens with one attached hydrogen (secondary N) is 2. The molecule has 3 atom stereocenters. The molecule has 7 heteroatoms. The molecule has 4 heterocycles. The molecule has 0 saturated carbocycles. The molecule has 7 nitrogen and oxygen atoms in total. The van der Waals surface area contributed by atoms with Gasteiger partial charge in [0.1, 0.15) is 12.1 Å². The van der Waals surface area contributed by atoms with Crippen LogP contribution in [0.5, 0.6) is 0 Å². The molecule has 2 unspecified atom stereocenters. The minimum atomic E-state index is -0.0921. The Morgan fingerprint density at radius 2 is 2.12 bits per heavy atom. The van der Waals surface area contributed by atoms with Crippen molar-refractivity contribution in [3.05, 3.63) is 35.7 Å². The van der Waals surface area contributed by atoms with Gasteiger partial charge < -0.3 is 10.6 Å². The number of aryl methyl sites for hydroxylation is 2. The van der Waals surface area contributed by atoms with E-state index in [1.807, 2.05) is 6.07 Å². The number of quaternary nitrogens is 1. The van der Waals surface area contributed by atoms with E-state index in [1.165, 1.54) is 28.9 Å². The van der Waals surface area contributed by atoms with Crippen LogP contribution in [0.3, 0.4) is 0 Å². The van der Waals surface area contributed by atoms with Gasteiger partial charge in [0.05, 0.1) is 6.07 Å². The van der Waals surface area contributed by atoms with E-state index in [0.717, 1.165) is 31.3 Å². The summed E-state index contributed by atoms with van der Waals surface area (Å²) in [7, 11) is 0. The van der Waals surface area contributed by atoms with Gasteiger partial charge in [0.25, 0.3) is 12.1 Å². The summed E-state index contributed by atoms with van der Waals surface area (Å²) in [6, 6.07) is 6.51. The second kappa shape index (κ2) is 5.16. The maximum Gasteiger partial charge on any atom is 0.297 e. The van der Waals surface area contributed by atoms with E-state index in [0.29, 0.717) is 4.59 Å². The SMILES string of the molecule is Cc1cc2c(cc1C)[N+]1(c3cc(NC[C@@]4(C)CCNC4)ncn3)C(N)N21. The Balaban J connectivity index is 1.43. The van der Waals surface area contributed by atoms with Crippen LogP contribution in [0.15, 0.2) is 24.5 Å². The Bertz CT molecular complexity index is 889. The largest absolute Gasteiger partial charge is 0.369 e. The predicted octanol–water partition coefficient (Wildman–Crippen LogP) is 2.13. The zero-order valence-corrected chi connectivity index (χ0v) is 15.6. The second-order valence-corrected chi connectivity index (χ2v) is 8.22. The number of rotatable bonds is 4. The summed E-state index contributed by atoms with van der Waals surface area (Å²) in [6.07, 6.45) is 2.73. The van der Waals surface area contributed by atoms with E-state index >= 15 is 0 Å². The van der Waals surface area contributed by atoms with Crippen molar-refractivity contribution < 1.29 is 0 Å². The number of nitrogens with two attached hydrogens (primary N) is 1. The average molecular weight is 352 g/mol. The molecule has 2 fully saturated rings. The molecule has 2 aromatic rings. The first-order valence-corrected chi connectivity index (χ1v) is 9.29. The average Bonchev–Trinajstić information content (AvgIpc) is 2.90. The molecule has 0 amide bonds. The maximum absolute atomic E-state index is 6.44. The Morgan fingerprint density at radius 1 is 1.31 bits per heavy atom. The van der Waals surface area contributed by atoms with Crippen LogP contribution in [0.2, 0.25) is 0 Å². The first kappa shape index (κ1) is 16.0. The fourth-order valence-corrected chi connectivity index (χ4v) is 4.37. The van der Waals surface area contributed by atoms with Gasteiger partial charge in [0.15, 0.2) is 11.4 Å². The number of aromatic nitrogens is 2. The van der Waals surface area contributed by atoms with Crippen molar-refractivity contribution >= 4 is 23.0 Å². The Morgan fingerprint density at radius 3 is 2.88 bits per heavy atom. The first-order valence-electron chi connectivity index (χ1n) is 9.29. The van der Waals surface area contributed by atoms with Gasteiger partial charge in [-0.3, -0.25) is 5.73 Å². The van der Waals surface area contributed by atoms with Gasteiger partial charge in [0.2, 0.25) is 0 Å². The van der Waals surface area contributed by atoms with Crippen LogP contribution in [0.1, 0.15) is 24.5 Å². The molecule has 0 spiro atoms. The summed E-state index contributed by atoms with van der Waals surface area (Å²) in [5.41, 5.74) is 11.8. The summed E-state index contributed by atoms with van der Waals surface area (Å²) >= 11 is 0. The van der Waals surface area contributed by atoms with Crippen LogP contribution in [0, 0.1) is 19.3 Å². The maximum atomic E-state index is 6.44. The highest BCUT2D eigenvalue weighted by Gasteiger charge is 2.78. The summed E-state index contributed by atoms with van der Waals surface area (Å²) in [5, 5.41) is 9.15. The fourth-order valence-electron chi connectivity index (χ4n) is 4.37. The summed E-state index contributed by atoms with van der Waals surface area (Å²) in [4.78, 5) is 8.98. The minimum Gasteiger partial charge on any atom is -0.369 e. The van der Waals surface area contributed by atoms with Crippen LogP contribution < -0.4 is 26.0 Å². The Kier molecular flexibility index (Phi) is 3.17. The van der Waals surface area contributed by atoms with Gasteiger partial charge in [0, 0.05) is 19.2 Å². The van der Waals surface area contributed by atoms with E-state index < -0.39 is 0 Å². The molecule has 0 bridgehead atoms. The van der Waals surface area contributed by atoms with E-state index in [9.17, 15) is 0 Å². The number of fused-ring (bicyclic) bond motifs is 4. The molecular formula is C19H26N7+. The number of hydrogen-bond donors (Lipinski definition) is 3. The van der Waals surface area contributed by atoms with Gasteiger partial charge in [-0.25, -0.2) is 4.98 Å². The third-order valence-corrected chi connectivity index (χ3v) is 6.28. The molecule has 1 aromatic heterocycles. The zero-order valence-electron chi connectivity index (χ0n) is 15.6. The highest BCUT2D eigenvalue weighted by atomic mass is 16.1. The lowest BCUT2D eigenvalue weighted by molar-refractivity contribution is 0.391. The normalized spacial score (nSPS) is 31.2. The van der Waals surface area contributed by atoms with Gasteiger partial charge >= 0.3 is 0 Å². The van der Waals surface area contributed by atoms with Crippen molar-refractivity contribution in [3.63, 3.8) is 0 Å². The Hall–Kier alpha value is -2.22. The van der Waals surface area contributed by atoms with E-state index in [4.69, 9.17) is 5.73 Å². The third kappa shape index (κ3) is 1.99. The topological polar surface area (TPSA) is 78.9 Å². The molecule has 4 N–H and O–H groups in total. The van der Waals surface area contributed by atoms with Crippen LogP contribution >= 0.6 is 0 Å². The van der Waals surface area contributed by atoms with Gasteiger partial charge in [-0.2, -0.15) is 4.98 Å². The molecule has 3 aliphatic heterocycles. The van der Waals surface area contributed by atoms with E-state index in [2.05, 4.69) is 58.5 Å². The molecule has 0 aliphatic carbocycles. The standard InChI is InChI=1S/C19H26N7/c1-12-6-14-15(7-13(12)2)26(18(20)25(14)26)17-8-16(23-11-24-17)22-10-19(3)4-5-21-9-19/h6-8,11,18,21H,4-5,9-10,20H2,1-3H3,(H,22,23,24)/q+1/t18?,19-,25?,26?/m0/s1. The molecule has 3 aliphatic rings. The second-order valence-electron chi connectivity index (χ2n) is 8.22.